The second-order valence-corrected chi connectivity index (χ2v) is 6.68. The van der Waals surface area contributed by atoms with E-state index >= 15 is 0 Å². The standard InChI is InChI=1S/C22H19F3N2O3/c1-15-11-18(30-14-16-5-3-2-4-6-16)8-9-19(15)26-20(28)13-27-12-17(22(23,24)25)7-10-21(27)29/h2-12H,13-14H2,1H3,(H,26,28). The molecule has 8 heteroatoms. The van der Waals surface area contributed by atoms with Crippen molar-refractivity contribution in [1.29, 1.82) is 0 Å². The number of aryl methyl sites for hydroxylation is 1. The molecule has 0 saturated carbocycles. The van der Waals surface area contributed by atoms with Crippen molar-refractivity contribution in [3.63, 3.8) is 0 Å². The minimum atomic E-state index is -4.60. The van der Waals surface area contributed by atoms with Gasteiger partial charge in [-0.15, -0.1) is 0 Å². The van der Waals surface area contributed by atoms with Gasteiger partial charge in [-0.25, -0.2) is 0 Å². The number of rotatable bonds is 6. The molecule has 0 radical (unpaired) electrons. The first-order valence-electron chi connectivity index (χ1n) is 9.07. The number of hydrogen-bond acceptors (Lipinski definition) is 3. The summed E-state index contributed by atoms with van der Waals surface area (Å²) in [6.45, 7) is 1.63. The third-order valence-corrected chi connectivity index (χ3v) is 4.35. The maximum absolute atomic E-state index is 12.8. The van der Waals surface area contributed by atoms with Crippen LogP contribution in [0.25, 0.3) is 0 Å². The van der Waals surface area contributed by atoms with Gasteiger partial charge in [0.05, 0.1) is 5.56 Å². The highest BCUT2D eigenvalue weighted by molar-refractivity contribution is 5.91. The third-order valence-electron chi connectivity index (χ3n) is 4.35. The van der Waals surface area contributed by atoms with Crippen LogP contribution in [0.4, 0.5) is 18.9 Å². The number of carbonyl (C=O) groups excluding carboxylic acids is 1. The van der Waals surface area contributed by atoms with Crippen molar-refractivity contribution >= 4 is 11.6 Å². The maximum Gasteiger partial charge on any atom is 0.417 e. The summed E-state index contributed by atoms with van der Waals surface area (Å²) in [4.78, 5) is 24.0. The van der Waals surface area contributed by atoms with Crippen molar-refractivity contribution in [2.75, 3.05) is 5.32 Å². The van der Waals surface area contributed by atoms with Crippen LogP contribution in [0.15, 0.2) is 71.7 Å². The molecule has 5 nitrogen and oxygen atoms in total. The summed E-state index contributed by atoms with van der Waals surface area (Å²) in [6, 6.07) is 16.2. The number of nitrogens with one attached hydrogen (secondary N) is 1. The number of aromatic nitrogens is 1. The topological polar surface area (TPSA) is 60.3 Å². The number of pyridine rings is 1. The Labute approximate surface area is 170 Å². The number of alkyl halides is 3. The molecule has 3 rings (SSSR count). The molecule has 1 heterocycles. The lowest BCUT2D eigenvalue weighted by molar-refractivity contribution is -0.138. The van der Waals surface area contributed by atoms with Crippen LogP contribution in [-0.2, 0) is 24.1 Å². The lowest BCUT2D eigenvalue weighted by atomic mass is 10.2. The molecule has 3 aromatic rings. The predicted molar refractivity (Wildman–Crippen MR) is 106 cm³/mol. The van der Waals surface area contributed by atoms with E-state index in [9.17, 15) is 22.8 Å². The van der Waals surface area contributed by atoms with Crippen LogP contribution < -0.4 is 15.6 Å². The van der Waals surface area contributed by atoms with E-state index in [0.717, 1.165) is 16.2 Å². The molecular weight excluding hydrogens is 397 g/mol. The molecule has 0 atom stereocenters. The molecular formula is C22H19F3N2O3. The van der Waals surface area contributed by atoms with Crippen molar-refractivity contribution < 1.29 is 22.7 Å². The summed E-state index contributed by atoms with van der Waals surface area (Å²) in [5, 5.41) is 2.61. The van der Waals surface area contributed by atoms with Gasteiger partial charge in [-0.05, 0) is 42.3 Å². The van der Waals surface area contributed by atoms with Crippen molar-refractivity contribution in [3.8, 4) is 5.75 Å². The average Bonchev–Trinajstić information content (AvgIpc) is 2.70. The molecule has 0 spiro atoms. The molecule has 0 saturated heterocycles. The zero-order chi connectivity index (χ0) is 21.7. The summed E-state index contributed by atoms with van der Waals surface area (Å²) in [6.07, 6.45) is -3.96. The minimum Gasteiger partial charge on any atom is -0.489 e. The van der Waals surface area contributed by atoms with Gasteiger partial charge in [0, 0.05) is 18.0 Å². The summed E-state index contributed by atoms with van der Waals surface area (Å²) < 4.78 is 44.9. The number of anilines is 1. The normalized spacial score (nSPS) is 11.2. The predicted octanol–water partition coefficient (Wildman–Crippen LogP) is 4.39. The molecule has 0 unspecified atom stereocenters. The molecule has 2 aromatic carbocycles. The van der Waals surface area contributed by atoms with Gasteiger partial charge in [-0.3, -0.25) is 9.59 Å². The Bertz CT molecular complexity index is 1090. The first-order chi connectivity index (χ1) is 14.2. The fourth-order valence-corrected chi connectivity index (χ4v) is 2.77. The van der Waals surface area contributed by atoms with Gasteiger partial charge in [0.15, 0.2) is 0 Å². The van der Waals surface area contributed by atoms with E-state index in [4.69, 9.17) is 4.74 Å². The summed E-state index contributed by atoms with van der Waals surface area (Å²) in [5.74, 6) is 0.000860. The van der Waals surface area contributed by atoms with Gasteiger partial charge < -0.3 is 14.6 Å². The number of halogens is 3. The Kier molecular flexibility index (Phi) is 6.25. The molecule has 0 aliphatic heterocycles. The third kappa shape index (κ3) is 5.50. The summed E-state index contributed by atoms with van der Waals surface area (Å²) >= 11 is 0. The summed E-state index contributed by atoms with van der Waals surface area (Å²) in [5.41, 5.74) is 0.516. The molecule has 0 fully saturated rings. The van der Waals surface area contributed by atoms with E-state index in [1.165, 1.54) is 0 Å². The second kappa shape index (κ2) is 8.86. The van der Waals surface area contributed by atoms with Crippen molar-refractivity contribution in [3.05, 3.63) is 93.9 Å². The van der Waals surface area contributed by atoms with E-state index in [2.05, 4.69) is 5.32 Å². The van der Waals surface area contributed by atoms with Crippen LogP contribution in [0.3, 0.4) is 0 Å². The number of carbonyl (C=O) groups is 1. The Hall–Kier alpha value is -3.55. The van der Waals surface area contributed by atoms with Crippen LogP contribution in [0.2, 0.25) is 0 Å². The summed E-state index contributed by atoms with van der Waals surface area (Å²) in [7, 11) is 0. The van der Waals surface area contributed by atoms with Crippen molar-refractivity contribution in [2.24, 2.45) is 0 Å². The van der Waals surface area contributed by atoms with Gasteiger partial charge in [0.1, 0.15) is 18.9 Å². The maximum atomic E-state index is 12.8. The first kappa shape index (κ1) is 21.2. The largest absolute Gasteiger partial charge is 0.489 e. The van der Waals surface area contributed by atoms with Gasteiger partial charge >= 0.3 is 6.18 Å². The quantitative estimate of drug-likeness (QED) is 0.648. The van der Waals surface area contributed by atoms with Crippen molar-refractivity contribution in [1.82, 2.24) is 4.57 Å². The van der Waals surface area contributed by atoms with E-state index in [0.29, 0.717) is 35.9 Å². The van der Waals surface area contributed by atoms with Gasteiger partial charge in [-0.2, -0.15) is 13.2 Å². The first-order valence-corrected chi connectivity index (χ1v) is 9.07. The smallest absolute Gasteiger partial charge is 0.417 e. The van der Waals surface area contributed by atoms with Crippen molar-refractivity contribution in [2.45, 2.75) is 26.3 Å². The zero-order valence-electron chi connectivity index (χ0n) is 16.1. The highest BCUT2D eigenvalue weighted by atomic mass is 19.4. The van der Waals surface area contributed by atoms with Gasteiger partial charge in [0.2, 0.25) is 5.91 Å². The molecule has 1 N–H and O–H groups in total. The lowest BCUT2D eigenvalue weighted by Crippen LogP contribution is -2.28. The van der Waals surface area contributed by atoms with Crippen LogP contribution in [-0.4, -0.2) is 10.5 Å². The monoisotopic (exact) mass is 416 g/mol. The van der Waals surface area contributed by atoms with Crippen LogP contribution in [0.5, 0.6) is 5.75 Å². The fourth-order valence-electron chi connectivity index (χ4n) is 2.77. The van der Waals surface area contributed by atoms with Gasteiger partial charge in [-0.1, -0.05) is 30.3 Å². The molecule has 156 valence electrons. The van der Waals surface area contributed by atoms with E-state index in [1.807, 2.05) is 30.3 Å². The zero-order valence-corrected chi connectivity index (χ0v) is 16.1. The second-order valence-electron chi connectivity index (χ2n) is 6.68. The molecule has 0 aliphatic rings. The molecule has 0 aliphatic carbocycles. The van der Waals surface area contributed by atoms with E-state index in [-0.39, 0.29) is 0 Å². The van der Waals surface area contributed by atoms with Gasteiger partial charge in [0.25, 0.3) is 5.56 Å². The Morgan fingerprint density at radius 1 is 1.07 bits per heavy atom. The average molecular weight is 416 g/mol. The molecule has 30 heavy (non-hydrogen) atoms. The number of amides is 1. The lowest BCUT2D eigenvalue weighted by Gasteiger charge is -2.13. The Balaban J connectivity index is 1.65. The number of nitrogens with zero attached hydrogens (tertiary/aromatic N) is 1. The highest BCUT2D eigenvalue weighted by Gasteiger charge is 2.31. The molecule has 0 bridgehead atoms. The van der Waals surface area contributed by atoms with Crippen LogP contribution >= 0.6 is 0 Å². The number of hydrogen-bond donors (Lipinski definition) is 1. The number of benzene rings is 2. The van der Waals surface area contributed by atoms with E-state index in [1.54, 1.807) is 25.1 Å². The molecule has 1 amide bonds. The van der Waals surface area contributed by atoms with E-state index < -0.39 is 29.8 Å². The Morgan fingerprint density at radius 3 is 2.47 bits per heavy atom. The molecule has 1 aromatic heterocycles. The van der Waals surface area contributed by atoms with Crippen LogP contribution in [0, 0.1) is 6.92 Å². The highest BCUT2D eigenvalue weighted by Crippen LogP contribution is 2.28. The SMILES string of the molecule is Cc1cc(OCc2ccccc2)ccc1NC(=O)Cn1cc(C(F)(F)F)ccc1=O. The Morgan fingerprint density at radius 2 is 1.80 bits per heavy atom. The minimum absolute atomic E-state index is 0.393. The fraction of sp³-hybridized carbons (Fsp3) is 0.182. The van der Waals surface area contributed by atoms with Crippen LogP contribution in [0.1, 0.15) is 16.7 Å². The number of ether oxygens (including phenoxy) is 1.